The molecular weight excluding hydrogens is 330 g/mol. The van der Waals surface area contributed by atoms with E-state index >= 15 is 0 Å². The van der Waals surface area contributed by atoms with Crippen molar-refractivity contribution < 1.29 is 19.2 Å². The molecular formula is C15H12Cl2FN2O2+. The topological polar surface area (TPSA) is 66.3 Å². The molecule has 0 spiro atoms. The smallest absolute Gasteiger partial charge is 0.288 e. The first kappa shape index (κ1) is 16.3. The summed E-state index contributed by atoms with van der Waals surface area (Å²) in [4.78, 5) is 16.4. The maximum Gasteiger partial charge on any atom is 0.390 e. The average Bonchev–Trinajstić information content (AvgIpc) is 2.48. The molecule has 4 nitrogen and oxygen atoms in total. The summed E-state index contributed by atoms with van der Waals surface area (Å²) < 4.78 is 13.4. The van der Waals surface area contributed by atoms with Crippen molar-refractivity contribution in [3.8, 4) is 0 Å². The second kappa shape index (κ2) is 7.24. The fourth-order valence-electron chi connectivity index (χ4n) is 1.70. The molecule has 0 radical (unpaired) electrons. The first-order chi connectivity index (χ1) is 10.5. The van der Waals surface area contributed by atoms with E-state index in [-0.39, 0.29) is 17.8 Å². The minimum Gasteiger partial charge on any atom is -0.288 e. The molecule has 0 aliphatic carbocycles. The summed E-state index contributed by atoms with van der Waals surface area (Å²) in [5.74, 6) is -1.40. The van der Waals surface area contributed by atoms with Gasteiger partial charge in [-0.3, -0.25) is 10.6 Å². The van der Waals surface area contributed by atoms with Gasteiger partial charge in [-0.25, -0.2) is 9.18 Å². The molecule has 0 aromatic heterocycles. The van der Waals surface area contributed by atoms with Gasteiger partial charge in [0, 0.05) is 10.0 Å². The number of rotatable bonds is 4. The van der Waals surface area contributed by atoms with Crippen molar-refractivity contribution in [3.05, 3.63) is 69.5 Å². The normalized spacial score (nSPS) is 11.3. The van der Waals surface area contributed by atoms with Crippen molar-refractivity contribution in [1.29, 1.82) is 0 Å². The van der Waals surface area contributed by atoms with E-state index in [4.69, 9.17) is 33.8 Å². The van der Waals surface area contributed by atoms with Crippen LogP contribution in [0.3, 0.4) is 0 Å². The van der Waals surface area contributed by atoms with E-state index in [2.05, 4.69) is 5.16 Å². The Hall–Kier alpha value is -2.11. The third-order valence-electron chi connectivity index (χ3n) is 2.76. The summed E-state index contributed by atoms with van der Waals surface area (Å²) in [6, 6.07) is 10.4. The van der Waals surface area contributed by atoms with Gasteiger partial charge in [0.05, 0.1) is 6.42 Å². The average molecular weight is 342 g/mol. The first-order valence-electron chi connectivity index (χ1n) is 6.24. The number of carbonyl (C=O) groups excluding carboxylic acids is 1. The lowest BCUT2D eigenvalue weighted by Crippen LogP contribution is -2.76. The Kier molecular flexibility index (Phi) is 5.35. The molecule has 7 heteroatoms. The summed E-state index contributed by atoms with van der Waals surface area (Å²) in [7, 11) is 0. The molecule has 0 saturated heterocycles. The summed E-state index contributed by atoms with van der Waals surface area (Å²) in [5.41, 5.74) is 6.24. The summed E-state index contributed by atoms with van der Waals surface area (Å²) in [6.07, 6.45) is 0.223. The van der Waals surface area contributed by atoms with Crippen molar-refractivity contribution in [2.45, 2.75) is 6.42 Å². The molecule has 0 heterocycles. The minimum absolute atomic E-state index is 0.147. The predicted octanol–water partition coefficient (Wildman–Crippen LogP) is 1.88. The highest BCUT2D eigenvalue weighted by atomic mass is 35.5. The second-order valence-corrected chi connectivity index (χ2v) is 5.25. The molecule has 114 valence electrons. The monoisotopic (exact) mass is 341 g/mol. The lowest BCUT2D eigenvalue weighted by Gasteiger charge is -2.02. The van der Waals surface area contributed by atoms with Gasteiger partial charge in [0.2, 0.25) is 0 Å². The Morgan fingerprint density at radius 1 is 1.23 bits per heavy atom. The Morgan fingerprint density at radius 3 is 2.64 bits per heavy atom. The Labute approximate surface area is 136 Å². The van der Waals surface area contributed by atoms with Gasteiger partial charge < -0.3 is 0 Å². The highest BCUT2D eigenvalue weighted by molar-refractivity contribution is 6.35. The maximum atomic E-state index is 13.4. The van der Waals surface area contributed by atoms with Crippen LogP contribution in [0.5, 0.6) is 0 Å². The van der Waals surface area contributed by atoms with Crippen molar-refractivity contribution in [3.63, 3.8) is 0 Å². The number of nitrogens with one attached hydrogen (secondary N) is 1. The van der Waals surface area contributed by atoms with Crippen molar-refractivity contribution in [1.82, 2.24) is 0 Å². The van der Waals surface area contributed by atoms with Crippen LogP contribution in [0.1, 0.15) is 15.9 Å². The van der Waals surface area contributed by atoms with Crippen molar-refractivity contribution in [2.24, 2.45) is 5.73 Å². The number of amidine groups is 1. The zero-order chi connectivity index (χ0) is 16.1. The van der Waals surface area contributed by atoms with Crippen LogP contribution in [0.25, 0.3) is 0 Å². The molecule has 3 N–H and O–H groups in total. The van der Waals surface area contributed by atoms with Crippen LogP contribution in [-0.4, -0.2) is 11.8 Å². The second-order valence-electron chi connectivity index (χ2n) is 4.41. The molecule has 0 atom stereocenters. The Bertz CT molecular complexity index is 735. The molecule has 0 amide bonds. The van der Waals surface area contributed by atoms with E-state index in [1.54, 1.807) is 18.2 Å². The molecule has 2 rings (SSSR count). The summed E-state index contributed by atoms with van der Waals surface area (Å²) in [6.45, 7) is 0. The van der Waals surface area contributed by atoms with Crippen LogP contribution < -0.4 is 10.9 Å². The number of hydrogen-bond acceptors (Lipinski definition) is 2. The van der Waals surface area contributed by atoms with E-state index < -0.39 is 11.8 Å². The van der Waals surface area contributed by atoms with Crippen LogP contribution in [0.15, 0.2) is 42.5 Å². The van der Waals surface area contributed by atoms with Crippen LogP contribution in [0.4, 0.5) is 4.39 Å². The third-order valence-corrected chi connectivity index (χ3v) is 3.35. The molecule has 0 saturated carbocycles. The Balaban J connectivity index is 2.04. The zero-order valence-electron chi connectivity index (χ0n) is 11.3. The quantitative estimate of drug-likeness (QED) is 0.386. The van der Waals surface area contributed by atoms with E-state index in [1.807, 2.05) is 0 Å². The van der Waals surface area contributed by atoms with Crippen LogP contribution >= 0.6 is 23.2 Å². The predicted molar refractivity (Wildman–Crippen MR) is 82.1 cm³/mol. The van der Waals surface area contributed by atoms with Gasteiger partial charge in [0.15, 0.2) is 0 Å². The van der Waals surface area contributed by atoms with E-state index in [0.717, 1.165) is 6.07 Å². The Morgan fingerprint density at radius 2 is 1.95 bits per heavy atom. The molecule has 2 aromatic carbocycles. The van der Waals surface area contributed by atoms with E-state index in [1.165, 1.54) is 18.2 Å². The van der Waals surface area contributed by atoms with Gasteiger partial charge in [-0.2, -0.15) is 0 Å². The van der Waals surface area contributed by atoms with Gasteiger partial charge in [0.25, 0.3) is 5.84 Å². The number of carbonyl (C=O) groups is 1. The first-order valence-corrected chi connectivity index (χ1v) is 7.00. The van der Waals surface area contributed by atoms with Gasteiger partial charge >= 0.3 is 5.97 Å². The van der Waals surface area contributed by atoms with Crippen LogP contribution in [-0.2, 0) is 11.3 Å². The van der Waals surface area contributed by atoms with Gasteiger partial charge in [0.1, 0.15) is 11.4 Å². The fourth-order valence-corrected chi connectivity index (χ4v) is 2.18. The molecule has 0 aliphatic heterocycles. The number of benzene rings is 2. The standard InChI is InChI=1S/C15H11Cl2FN2O2/c16-10-6-5-9(12(17)8-10)7-14(19)20-22-15(21)11-3-1-2-4-13(11)18/h1-6,8H,7H2,(H2,19,20)/p+1. The van der Waals surface area contributed by atoms with Crippen LogP contribution in [0.2, 0.25) is 10.0 Å². The van der Waals surface area contributed by atoms with E-state index in [0.29, 0.717) is 15.6 Å². The SMILES string of the molecule is NC(Cc1ccc(Cl)cc1Cl)=[NH+]OC(=O)c1ccccc1F. The molecule has 0 fully saturated rings. The molecule has 0 aliphatic rings. The van der Waals surface area contributed by atoms with Crippen LogP contribution in [0, 0.1) is 5.82 Å². The van der Waals surface area contributed by atoms with Crippen molar-refractivity contribution >= 4 is 35.0 Å². The highest BCUT2D eigenvalue weighted by Crippen LogP contribution is 2.20. The molecule has 2 aromatic rings. The lowest BCUT2D eigenvalue weighted by molar-refractivity contribution is -0.722. The fraction of sp³-hybridized carbons (Fsp3) is 0.0667. The van der Waals surface area contributed by atoms with Gasteiger partial charge in [-0.05, 0) is 29.8 Å². The molecule has 0 bridgehead atoms. The number of nitrogens with two attached hydrogens (primary N) is 1. The third kappa shape index (κ3) is 4.19. The number of hydrogen-bond donors (Lipinski definition) is 2. The highest BCUT2D eigenvalue weighted by Gasteiger charge is 2.14. The van der Waals surface area contributed by atoms with Gasteiger partial charge in [-0.1, -0.05) is 46.6 Å². The van der Waals surface area contributed by atoms with Gasteiger partial charge in [-0.15, -0.1) is 0 Å². The minimum atomic E-state index is -0.872. The summed E-state index contributed by atoms with van der Waals surface area (Å²) >= 11 is 11.8. The molecule has 22 heavy (non-hydrogen) atoms. The van der Waals surface area contributed by atoms with E-state index in [9.17, 15) is 9.18 Å². The zero-order valence-corrected chi connectivity index (χ0v) is 12.8. The largest absolute Gasteiger partial charge is 0.390 e. The summed E-state index contributed by atoms with van der Waals surface area (Å²) in [5, 5.41) is 3.23. The lowest BCUT2D eigenvalue weighted by atomic mass is 10.1. The number of halogens is 3. The molecule has 0 unspecified atom stereocenters. The maximum absolute atomic E-state index is 13.4. The van der Waals surface area contributed by atoms with Crippen molar-refractivity contribution in [2.75, 3.05) is 0 Å².